The van der Waals surface area contributed by atoms with Crippen molar-refractivity contribution in [2.45, 2.75) is 6.04 Å². The normalized spacial score (nSPS) is 18.5. The van der Waals surface area contributed by atoms with Crippen molar-refractivity contribution in [1.82, 2.24) is 0 Å². The fraction of sp³-hybridized carbons (Fsp3) is 0.118. The highest BCUT2D eigenvalue weighted by molar-refractivity contribution is 5.91. The Hall–Kier alpha value is -2.55. The third-order valence-electron chi connectivity index (χ3n) is 3.25. The Morgan fingerprint density at radius 3 is 2.35 bits per heavy atom. The van der Waals surface area contributed by atoms with Gasteiger partial charge >= 0.3 is 6.09 Å². The summed E-state index contributed by atoms with van der Waals surface area (Å²) >= 11 is 0. The van der Waals surface area contributed by atoms with Crippen LogP contribution in [0.2, 0.25) is 0 Å². The number of amides is 1. The van der Waals surface area contributed by atoms with E-state index in [1.165, 1.54) is 0 Å². The summed E-state index contributed by atoms with van der Waals surface area (Å²) in [5.74, 6) is 0. The molecule has 0 aliphatic carbocycles. The minimum atomic E-state index is -0.293. The van der Waals surface area contributed by atoms with Gasteiger partial charge in [0.2, 0.25) is 0 Å². The molecule has 1 fully saturated rings. The molecule has 3 nitrogen and oxygen atoms in total. The van der Waals surface area contributed by atoms with Crippen LogP contribution in [-0.2, 0) is 4.74 Å². The average Bonchev–Trinajstić information content (AvgIpc) is 2.88. The van der Waals surface area contributed by atoms with E-state index in [0.29, 0.717) is 6.61 Å². The first-order chi connectivity index (χ1) is 9.84. The molecule has 2 aromatic rings. The van der Waals surface area contributed by atoms with Gasteiger partial charge in [0.15, 0.2) is 0 Å². The Labute approximate surface area is 118 Å². The fourth-order valence-electron chi connectivity index (χ4n) is 2.25. The number of carbonyl (C=O) groups excluding carboxylic acids is 1. The van der Waals surface area contributed by atoms with Crippen LogP contribution in [0.4, 0.5) is 10.5 Å². The zero-order valence-corrected chi connectivity index (χ0v) is 11.0. The summed E-state index contributed by atoms with van der Waals surface area (Å²) in [6.07, 6.45) is 3.73. The van der Waals surface area contributed by atoms with Crippen molar-refractivity contribution in [3.63, 3.8) is 0 Å². The van der Waals surface area contributed by atoms with Crippen LogP contribution in [-0.4, -0.2) is 18.7 Å². The number of cyclic esters (lactones) is 1. The van der Waals surface area contributed by atoms with Crippen molar-refractivity contribution in [2.24, 2.45) is 0 Å². The topological polar surface area (TPSA) is 29.5 Å². The standard InChI is InChI=1S/C17H15NO2/c19-17-18(15-9-5-2-6-10-15)16(13-20-17)12-11-14-7-3-1-4-8-14/h1-12,16H,13H2/b12-11+/t16-/m1/s1. The molecule has 1 amide bonds. The molecule has 0 aromatic heterocycles. The van der Waals surface area contributed by atoms with Crippen LogP contribution in [0.25, 0.3) is 6.08 Å². The number of rotatable bonds is 3. The van der Waals surface area contributed by atoms with Gasteiger partial charge in [0.25, 0.3) is 0 Å². The summed E-state index contributed by atoms with van der Waals surface area (Å²) in [4.78, 5) is 13.5. The van der Waals surface area contributed by atoms with Crippen molar-refractivity contribution < 1.29 is 9.53 Å². The molecule has 20 heavy (non-hydrogen) atoms. The zero-order valence-electron chi connectivity index (χ0n) is 11.0. The van der Waals surface area contributed by atoms with Crippen molar-refractivity contribution in [3.8, 4) is 0 Å². The maximum Gasteiger partial charge on any atom is 0.415 e. The Bertz CT molecular complexity index is 607. The summed E-state index contributed by atoms with van der Waals surface area (Å²) < 4.78 is 5.16. The van der Waals surface area contributed by atoms with Crippen LogP contribution >= 0.6 is 0 Å². The lowest BCUT2D eigenvalue weighted by molar-refractivity contribution is 0.180. The minimum Gasteiger partial charge on any atom is -0.447 e. The first kappa shape index (κ1) is 12.5. The van der Waals surface area contributed by atoms with Gasteiger partial charge < -0.3 is 4.74 Å². The molecule has 1 saturated heterocycles. The van der Waals surface area contributed by atoms with Crippen LogP contribution in [0, 0.1) is 0 Å². The molecule has 0 radical (unpaired) electrons. The number of anilines is 1. The van der Waals surface area contributed by atoms with E-state index in [1.54, 1.807) is 4.90 Å². The fourth-order valence-corrected chi connectivity index (χ4v) is 2.25. The molecule has 1 aliphatic rings. The van der Waals surface area contributed by atoms with Gasteiger partial charge in [-0.1, -0.05) is 60.7 Å². The molecule has 0 bridgehead atoms. The average molecular weight is 265 g/mol. The Balaban J connectivity index is 1.82. The minimum absolute atomic E-state index is 0.0647. The van der Waals surface area contributed by atoms with E-state index in [-0.39, 0.29) is 12.1 Å². The SMILES string of the molecule is O=C1OC[C@@H](/C=C/c2ccccc2)N1c1ccccc1. The number of nitrogens with zero attached hydrogens (tertiary/aromatic N) is 1. The van der Waals surface area contributed by atoms with Gasteiger partial charge in [-0.25, -0.2) is 4.79 Å². The highest BCUT2D eigenvalue weighted by atomic mass is 16.6. The molecule has 1 atom stereocenters. The van der Waals surface area contributed by atoms with Crippen molar-refractivity contribution >= 4 is 17.9 Å². The predicted molar refractivity (Wildman–Crippen MR) is 79.5 cm³/mol. The van der Waals surface area contributed by atoms with E-state index in [1.807, 2.05) is 72.8 Å². The zero-order chi connectivity index (χ0) is 13.8. The number of hydrogen-bond acceptors (Lipinski definition) is 2. The monoisotopic (exact) mass is 265 g/mol. The summed E-state index contributed by atoms with van der Waals surface area (Å²) in [5.41, 5.74) is 1.97. The lowest BCUT2D eigenvalue weighted by Gasteiger charge is -2.18. The van der Waals surface area contributed by atoms with Crippen LogP contribution in [0.5, 0.6) is 0 Å². The maximum atomic E-state index is 11.9. The molecule has 3 heteroatoms. The number of para-hydroxylation sites is 1. The van der Waals surface area contributed by atoms with Gasteiger partial charge in [-0.15, -0.1) is 0 Å². The molecule has 3 rings (SSSR count). The highest BCUT2D eigenvalue weighted by Crippen LogP contribution is 2.23. The Morgan fingerprint density at radius 1 is 1.00 bits per heavy atom. The number of ether oxygens (including phenoxy) is 1. The molecule has 1 aliphatic heterocycles. The van der Waals surface area contributed by atoms with Gasteiger partial charge in [-0.2, -0.15) is 0 Å². The predicted octanol–water partition coefficient (Wildman–Crippen LogP) is 3.73. The largest absolute Gasteiger partial charge is 0.447 e. The van der Waals surface area contributed by atoms with Gasteiger partial charge in [0, 0.05) is 5.69 Å². The number of hydrogen-bond donors (Lipinski definition) is 0. The highest BCUT2D eigenvalue weighted by Gasteiger charge is 2.32. The quantitative estimate of drug-likeness (QED) is 0.846. The van der Waals surface area contributed by atoms with Crippen LogP contribution in [0.3, 0.4) is 0 Å². The molecule has 0 spiro atoms. The van der Waals surface area contributed by atoms with Crippen molar-refractivity contribution in [3.05, 3.63) is 72.3 Å². The summed E-state index contributed by atoms with van der Waals surface area (Å²) in [6, 6.07) is 19.5. The van der Waals surface area contributed by atoms with E-state index in [9.17, 15) is 4.79 Å². The van der Waals surface area contributed by atoms with Crippen molar-refractivity contribution in [1.29, 1.82) is 0 Å². The van der Waals surface area contributed by atoms with Gasteiger partial charge in [0.1, 0.15) is 6.61 Å². The number of carbonyl (C=O) groups is 1. The van der Waals surface area contributed by atoms with E-state index in [0.717, 1.165) is 11.3 Å². The van der Waals surface area contributed by atoms with Gasteiger partial charge in [0.05, 0.1) is 6.04 Å². The lowest BCUT2D eigenvalue weighted by atomic mass is 10.1. The second-order valence-corrected chi connectivity index (χ2v) is 4.62. The Morgan fingerprint density at radius 2 is 1.65 bits per heavy atom. The maximum absolute atomic E-state index is 11.9. The van der Waals surface area contributed by atoms with E-state index < -0.39 is 0 Å². The van der Waals surface area contributed by atoms with Gasteiger partial charge in [-0.05, 0) is 17.7 Å². The van der Waals surface area contributed by atoms with E-state index in [2.05, 4.69) is 0 Å². The van der Waals surface area contributed by atoms with Crippen LogP contribution < -0.4 is 4.90 Å². The first-order valence-corrected chi connectivity index (χ1v) is 6.59. The molecule has 1 heterocycles. The Kier molecular flexibility index (Phi) is 3.50. The molecular formula is C17H15NO2. The second kappa shape index (κ2) is 5.61. The number of benzene rings is 2. The molecule has 2 aromatic carbocycles. The molecule has 0 N–H and O–H groups in total. The molecule has 100 valence electrons. The summed E-state index contributed by atoms with van der Waals surface area (Å²) in [5, 5.41) is 0. The molecule has 0 saturated carbocycles. The summed E-state index contributed by atoms with van der Waals surface area (Å²) in [6.45, 7) is 0.386. The molecular weight excluding hydrogens is 250 g/mol. The van der Waals surface area contributed by atoms with E-state index in [4.69, 9.17) is 4.74 Å². The third kappa shape index (κ3) is 2.57. The van der Waals surface area contributed by atoms with Crippen LogP contribution in [0.15, 0.2) is 66.7 Å². The van der Waals surface area contributed by atoms with Crippen LogP contribution in [0.1, 0.15) is 5.56 Å². The van der Waals surface area contributed by atoms with E-state index >= 15 is 0 Å². The second-order valence-electron chi connectivity index (χ2n) is 4.62. The van der Waals surface area contributed by atoms with Gasteiger partial charge in [-0.3, -0.25) is 4.90 Å². The molecule has 0 unspecified atom stereocenters. The lowest BCUT2D eigenvalue weighted by Crippen LogP contribution is -2.31. The first-order valence-electron chi connectivity index (χ1n) is 6.59. The van der Waals surface area contributed by atoms with Crippen molar-refractivity contribution in [2.75, 3.05) is 11.5 Å². The smallest absolute Gasteiger partial charge is 0.415 e. The third-order valence-corrected chi connectivity index (χ3v) is 3.25. The summed E-state index contributed by atoms with van der Waals surface area (Å²) in [7, 11) is 0.